The number of hydrogen-bond acceptors (Lipinski definition) is 4. The van der Waals surface area contributed by atoms with Gasteiger partial charge in [0.2, 0.25) is 0 Å². The Labute approximate surface area is 112 Å². The third-order valence-electron chi connectivity index (χ3n) is 2.88. The van der Waals surface area contributed by atoms with Gasteiger partial charge < -0.3 is 14.6 Å². The van der Waals surface area contributed by atoms with Crippen LogP contribution in [-0.2, 0) is 17.8 Å². The van der Waals surface area contributed by atoms with Crippen molar-refractivity contribution in [1.82, 2.24) is 4.90 Å². The molecule has 19 heavy (non-hydrogen) atoms. The molecule has 104 valence electrons. The number of carbonyl (C=O) groups excluding carboxylic acids is 1. The standard InChI is InChI=1S/C14H19NO4/c1-14(2,3)19-13(17)15-7-9-5-11(16)12(18-4)6-10(9)8-15/h5-6,16H,7-8H2,1-4H3. The van der Waals surface area contributed by atoms with Gasteiger partial charge in [0.25, 0.3) is 0 Å². The van der Waals surface area contributed by atoms with E-state index in [4.69, 9.17) is 9.47 Å². The van der Waals surface area contributed by atoms with Crippen LogP contribution in [0.25, 0.3) is 0 Å². The average Bonchev–Trinajstić information content (AvgIpc) is 2.68. The fourth-order valence-corrected chi connectivity index (χ4v) is 2.03. The summed E-state index contributed by atoms with van der Waals surface area (Å²) < 4.78 is 10.4. The van der Waals surface area contributed by atoms with E-state index in [1.807, 2.05) is 20.8 Å². The molecule has 1 aromatic carbocycles. The van der Waals surface area contributed by atoms with Crippen molar-refractivity contribution in [3.8, 4) is 11.5 Å². The fraction of sp³-hybridized carbons (Fsp3) is 0.500. The monoisotopic (exact) mass is 265 g/mol. The van der Waals surface area contributed by atoms with Crippen molar-refractivity contribution in [2.45, 2.75) is 39.5 Å². The topological polar surface area (TPSA) is 59.0 Å². The lowest BCUT2D eigenvalue weighted by Crippen LogP contribution is -2.33. The normalized spacial score (nSPS) is 14.2. The van der Waals surface area contributed by atoms with Crippen molar-refractivity contribution < 1.29 is 19.4 Å². The van der Waals surface area contributed by atoms with E-state index in [1.165, 1.54) is 7.11 Å². The number of ether oxygens (including phenoxy) is 2. The molecule has 1 N–H and O–H groups in total. The Bertz CT molecular complexity index is 505. The maximum absolute atomic E-state index is 12.0. The van der Waals surface area contributed by atoms with Crippen LogP contribution in [0.5, 0.6) is 11.5 Å². The van der Waals surface area contributed by atoms with Gasteiger partial charge >= 0.3 is 6.09 Å². The third kappa shape index (κ3) is 2.92. The lowest BCUT2D eigenvalue weighted by molar-refractivity contribution is 0.0241. The van der Waals surface area contributed by atoms with E-state index in [1.54, 1.807) is 17.0 Å². The predicted octanol–water partition coefficient (Wildman–Crippen LogP) is 2.65. The van der Waals surface area contributed by atoms with Gasteiger partial charge in [0, 0.05) is 13.1 Å². The highest BCUT2D eigenvalue weighted by molar-refractivity contribution is 5.69. The van der Waals surface area contributed by atoms with Gasteiger partial charge in [0.1, 0.15) is 5.60 Å². The van der Waals surface area contributed by atoms with Gasteiger partial charge in [-0.05, 0) is 44.0 Å². The van der Waals surface area contributed by atoms with Crippen molar-refractivity contribution in [3.63, 3.8) is 0 Å². The number of nitrogens with zero attached hydrogens (tertiary/aromatic N) is 1. The van der Waals surface area contributed by atoms with Crippen LogP contribution in [0.4, 0.5) is 4.79 Å². The first-order chi connectivity index (χ1) is 8.80. The molecule has 0 atom stereocenters. The minimum Gasteiger partial charge on any atom is -0.504 e. The highest BCUT2D eigenvalue weighted by Crippen LogP contribution is 2.34. The van der Waals surface area contributed by atoms with Gasteiger partial charge in [-0.1, -0.05) is 0 Å². The summed E-state index contributed by atoms with van der Waals surface area (Å²) in [5.74, 6) is 0.511. The Morgan fingerprint density at radius 1 is 1.26 bits per heavy atom. The molecule has 1 aliphatic heterocycles. The maximum atomic E-state index is 12.0. The third-order valence-corrected chi connectivity index (χ3v) is 2.88. The van der Waals surface area contributed by atoms with E-state index < -0.39 is 5.60 Å². The van der Waals surface area contributed by atoms with Crippen molar-refractivity contribution in [3.05, 3.63) is 23.3 Å². The summed E-state index contributed by atoms with van der Waals surface area (Å²) in [6.45, 7) is 6.43. The highest BCUT2D eigenvalue weighted by atomic mass is 16.6. The summed E-state index contributed by atoms with van der Waals surface area (Å²) in [4.78, 5) is 13.6. The summed E-state index contributed by atoms with van der Waals surface area (Å²) in [5.41, 5.74) is 1.38. The Morgan fingerprint density at radius 2 is 1.84 bits per heavy atom. The van der Waals surface area contributed by atoms with E-state index in [0.717, 1.165) is 11.1 Å². The average molecular weight is 265 g/mol. The molecular weight excluding hydrogens is 246 g/mol. The quantitative estimate of drug-likeness (QED) is 0.848. The number of hydrogen-bond donors (Lipinski definition) is 1. The molecule has 5 heteroatoms. The second kappa shape index (κ2) is 4.64. The van der Waals surface area contributed by atoms with Crippen LogP contribution in [-0.4, -0.2) is 28.8 Å². The van der Waals surface area contributed by atoms with Crippen molar-refractivity contribution >= 4 is 6.09 Å². The first kappa shape index (κ1) is 13.5. The SMILES string of the molecule is COc1cc2c(cc1O)CN(C(=O)OC(C)(C)C)C2. The van der Waals surface area contributed by atoms with E-state index in [0.29, 0.717) is 18.8 Å². The molecule has 0 aliphatic carbocycles. The minimum absolute atomic E-state index is 0.0901. The Balaban J connectivity index is 2.14. The Hall–Kier alpha value is -1.91. The van der Waals surface area contributed by atoms with Gasteiger partial charge in [-0.3, -0.25) is 4.90 Å². The van der Waals surface area contributed by atoms with Crippen molar-refractivity contribution in [2.24, 2.45) is 0 Å². The second-order valence-corrected chi connectivity index (χ2v) is 5.63. The molecule has 0 saturated carbocycles. The second-order valence-electron chi connectivity index (χ2n) is 5.63. The van der Waals surface area contributed by atoms with E-state index in [-0.39, 0.29) is 11.8 Å². The van der Waals surface area contributed by atoms with Crippen LogP contribution in [0.2, 0.25) is 0 Å². The van der Waals surface area contributed by atoms with E-state index in [9.17, 15) is 9.90 Å². The molecule has 2 rings (SSSR count). The molecule has 5 nitrogen and oxygen atoms in total. The van der Waals surface area contributed by atoms with E-state index in [2.05, 4.69) is 0 Å². The van der Waals surface area contributed by atoms with Gasteiger partial charge in [0.05, 0.1) is 7.11 Å². The summed E-state index contributed by atoms with van der Waals surface area (Å²) >= 11 is 0. The molecule has 0 bridgehead atoms. The smallest absolute Gasteiger partial charge is 0.410 e. The molecule has 0 radical (unpaired) electrons. The molecule has 0 aromatic heterocycles. The van der Waals surface area contributed by atoms with Crippen molar-refractivity contribution in [1.29, 1.82) is 0 Å². The number of rotatable bonds is 1. The first-order valence-corrected chi connectivity index (χ1v) is 6.17. The van der Waals surface area contributed by atoms with Crippen LogP contribution < -0.4 is 4.74 Å². The zero-order chi connectivity index (χ0) is 14.2. The number of phenolic OH excluding ortho intramolecular Hbond substituents is 1. The molecule has 1 amide bonds. The molecular formula is C14H19NO4. The highest BCUT2D eigenvalue weighted by Gasteiger charge is 2.28. The van der Waals surface area contributed by atoms with Gasteiger partial charge in [-0.25, -0.2) is 4.79 Å². The summed E-state index contributed by atoms with van der Waals surface area (Å²) in [6.07, 6.45) is -0.345. The number of phenols is 1. The summed E-state index contributed by atoms with van der Waals surface area (Å²) in [5, 5.41) is 9.73. The van der Waals surface area contributed by atoms with Crippen LogP contribution >= 0.6 is 0 Å². The number of benzene rings is 1. The van der Waals surface area contributed by atoms with E-state index >= 15 is 0 Å². The lowest BCUT2D eigenvalue weighted by Gasteiger charge is -2.24. The molecule has 0 unspecified atom stereocenters. The molecule has 1 heterocycles. The number of amides is 1. The minimum atomic E-state index is -0.508. The molecule has 0 spiro atoms. The lowest BCUT2D eigenvalue weighted by atomic mass is 10.1. The predicted molar refractivity (Wildman–Crippen MR) is 70.1 cm³/mol. The van der Waals surface area contributed by atoms with Crippen LogP contribution in [0, 0.1) is 0 Å². The number of aromatic hydroxyl groups is 1. The number of carbonyl (C=O) groups is 1. The number of methoxy groups -OCH3 is 1. The molecule has 0 saturated heterocycles. The van der Waals surface area contributed by atoms with Crippen LogP contribution in [0.3, 0.4) is 0 Å². The van der Waals surface area contributed by atoms with Crippen LogP contribution in [0.15, 0.2) is 12.1 Å². The summed E-state index contributed by atoms with van der Waals surface area (Å²) in [7, 11) is 1.50. The molecule has 1 aromatic rings. The first-order valence-electron chi connectivity index (χ1n) is 6.17. The summed E-state index contributed by atoms with van der Waals surface area (Å²) in [6, 6.07) is 3.40. The maximum Gasteiger partial charge on any atom is 0.410 e. The Kier molecular flexibility index (Phi) is 3.30. The zero-order valence-electron chi connectivity index (χ0n) is 11.7. The van der Waals surface area contributed by atoms with Gasteiger partial charge in [-0.2, -0.15) is 0 Å². The molecule has 0 fully saturated rings. The number of fused-ring (bicyclic) bond motifs is 1. The zero-order valence-corrected chi connectivity index (χ0v) is 11.7. The van der Waals surface area contributed by atoms with Gasteiger partial charge in [-0.15, -0.1) is 0 Å². The largest absolute Gasteiger partial charge is 0.504 e. The van der Waals surface area contributed by atoms with Crippen molar-refractivity contribution in [2.75, 3.05) is 7.11 Å². The fourth-order valence-electron chi connectivity index (χ4n) is 2.03. The Morgan fingerprint density at radius 3 is 2.37 bits per heavy atom. The van der Waals surface area contributed by atoms with Gasteiger partial charge in [0.15, 0.2) is 11.5 Å². The van der Waals surface area contributed by atoms with Crippen LogP contribution in [0.1, 0.15) is 31.9 Å². The molecule has 1 aliphatic rings.